The molecule has 31 heavy (non-hydrogen) atoms. The number of hydrogen-bond acceptors (Lipinski definition) is 6. The summed E-state index contributed by atoms with van der Waals surface area (Å²) in [6.07, 6.45) is 5.64. The number of urea groups is 1. The monoisotopic (exact) mass is 477 g/mol. The van der Waals surface area contributed by atoms with Gasteiger partial charge in [-0.3, -0.25) is 15.4 Å². The third-order valence-electron chi connectivity index (χ3n) is 5.30. The van der Waals surface area contributed by atoms with Crippen LogP contribution >= 0.6 is 22.9 Å². The zero-order valence-corrected chi connectivity index (χ0v) is 19.0. The number of nitrogens with zero attached hydrogens (tertiary/aromatic N) is 1. The first-order chi connectivity index (χ1) is 14.7. The van der Waals surface area contributed by atoms with Crippen molar-refractivity contribution in [3.63, 3.8) is 0 Å². The molecule has 1 fully saturated rings. The number of halogens is 1. The van der Waals surface area contributed by atoms with E-state index in [-0.39, 0.29) is 20.6 Å². The van der Waals surface area contributed by atoms with Crippen LogP contribution in [0.3, 0.4) is 0 Å². The summed E-state index contributed by atoms with van der Waals surface area (Å²) in [7, 11) is -3.35. The number of hydrogen-bond donors (Lipinski definition) is 2. The van der Waals surface area contributed by atoms with E-state index >= 15 is 0 Å². The third-order valence-corrected chi connectivity index (χ3v) is 7.67. The molecule has 0 saturated heterocycles. The van der Waals surface area contributed by atoms with Gasteiger partial charge in [0.2, 0.25) is 0 Å². The predicted molar refractivity (Wildman–Crippen MR) is 122 cm³/mol. The van der Waals surface area contributed by atoms with Gasteiger partial charge in [-0.1, -0.05) is 41.8 Å². The highest BCUT2D eigenvalue weighted by molar-refractivity contribution is 7.90. The maximum absolute atomic E-state index is 12.6. The molecule has 1 aliphatic rings. The molecule has 1 heterocycles. The second kappa shape index (κ2) is 8.57. The molecule has 1 aromatic heterocycles. The number of sulfone groups is 1. The van der Waals surface area contributed by atoms with E-state index in [0.29, 0.717) is 16.1 Å². The lowest BCUT2D eigenvalue weighted by Gasteiger charge is -2.12. The van der Waals surface area contributed by atoms with Crippen LogP contribution in [-0.4, -0.2) is 31.6 Å². The molecule has 0 radical (unpaired) electrons. The van der Waals surface area contributed by atoms with Gasteiger partial charge in [0, 0.05) is 6.26 Å². The normalized spacial score (nSPS) is 14.6. The number of rotatable bonds is 4. The Labute approximate surface area is 188 Å². The average Bonchev–Trinajstić information content (AvgIpc) is 3.36. The van der Waals surface area contributed by atoms with Gasteiger partial charge in [0.15, 0.2) is 15.0 Å². The molecule has 0 bridgehead atoms. The van der Waals surface area contributed by atoms with E-state index in [9.17, 15) is 18.0 Å². The fourth-order valence-corrected chi connectivity index (χ4v) is 5.54. The topological polar surface area (TPSA) is 105 Å². The molecule has 3 amide bonds. The maximum Gasteiger partial charge on any atom is 0.327 e. The van der Waals surface area contributed by atoms with Gasteiger partial charge in [-0.2, -0.15) is 0 Å². The van der Waals surface area contributed by atoms with Crippen LogP contribution in [0.25, 0.3) is 10.2 Å². The van der Waals surface area contributed by atoms with Crippen LogP contribution in [0.4, 0.5) is 9.93 Å². The zero-order valence-electron chi connectivity index (χ0n) is 16.6. The van der Waals surface area contributed by atoms with E-state index in [1.54, 1.807) is 18.2 Å². The number of fused-ring (bicyclic) bond motifs is 1. The number of thiazole rings is 1. The Bertz CT molecular complexity index is 1280. The van der Waals surface area contributed by atoms with Crippen LogP contribution < -0.4 is 10.6 Å². The van der Waals surface area contributed by atoms with Crippen LogP contribution in [0, 0.1) is 0 Å². The summed E-state index contributed by atoms with van der Waals surface area (Å²) in [5, 5.41) is 5.33. The fourth-order valence-electron chi connectivity index (χ4n) is 3.72. The van der Waals surface area contributed by atoms with Crippen molar-refractivity contribution in [3.05, 3.63) is 52.5 Å². The summed E-state index contributed by atoms with van der Waals surface area (Å²) in [5.74, 6) is -0.181. The van der Waals surface area contributed by atoms with E-state index in [4.69, 9.17) is 11.6 Å². The Morgan fingerprint density at radius 3 is 2.58 bits per heavy atom. The predicted octanol–water partition coefficient (Wildman–Crippen LogP) is 4.97. The van der Waals surface area contributed by atoms with Crippen molar-refractivity contribution in [1.82, 2.24) is 10.3 Å². The second-order valence-electron chi connectivity index (χ2n) is 7.55. The molecule has 7 nitrogen and oxygen atoms in total. The first kappa shape index (κ1) is 21.7. The van der Waals surface area contributed by atoms with Crippen molar-refractivity contribution in [2.24, 2.45) is 0 Å². The van der Waals surface area contributed by atoms with E-state index in [1.165, 1.54) is 25.0 Å². The number of carbonyl (C=O) groups is 2. The number of anilines is 1. The van der Waals surface area contributed by atoms with Gasteiger partial charge in [0.05, 0.1) is 25.7 Å². The van der Waals surface area contributed by atoms with Gasteiger partial charge in [0.1, 0.15) is 0 Å². The zero-order chi connectivity index (χ0) is 22.2. The molecule has 0 spiro atoms. The fraction of sp³-hybridized carbons (Fsp3) is 0.286. The van der Waals surface area contributed by atoms with Crippen molar-refractivity contribution >= 4 is 60.1 Å². The smallest absolute Gasteiger partial charge is 0.283 e. The van der Waals surface area contributed by atoms with Gasteiger partial charge < -0.3 is 0 Å². The highest BCUT2D eigenvalue weighted by Gasteiger charge is 2.21. The molecule has 2 N–H and O–H groups in total. The molecule has 4 rings (SSSR count). The number of imide groups is 1. The minimum atomic E-state index is -3.35. The summed E-state index contributed by atoms with van der Waals surface area (Å²) >= 11 is 7.31. The lowest BCUT2D eigenvalue weighted by atomic mass is 9.96. The minimum absolute atomic E-state index is 0.173. The second-order valence-corrected chi connectivity index (χ2v) is 11.0. The Morgan fingerprint density at radius 2 is 1.87 bits per heavy atom. The number of amides is 3. The van der Waals surface area contributed by atoms with Crippen LogP contribution in [0.1, 0.15) is 47.5 Å². The molecule has 1 saturated carbocycles. The molecule has 10 heteroatoms. The quantitative estimate of drug-likeness (QED) is 0.551. The summed E-state index contributed by atoms with van der Waals surface area (Å²) in [6, 6.07) is 9.18. The number of benzene rings is 2. The molecule has 0 aliphatic heterocycles. The number of aromatic nitrogens is 1. The van der Waals surface area contributed by atoms with Crippen LogP contribution in [-0.2, 0) is 9.84 Å². The largest absolute Gasteiger partial charge is 0.327 e. The van der Waals surface area contributed by atoms with E-state index < -0.39 is 21.8 Å². The average molecular weight is 478 g/mol. The Hall–Kier alpha value is -2.49. The Kier molecular flexibility index (Phi) is 6.00. The highest BCUT2D eigenvalue weighted by Crippen LogP contribution is 2.35. The van der Waals surface area contributed by atoms with Gasteiger partial charge >= 0.3 is 6.03 Å². The Morgan fingerprint density at radius 1 is 1.13 bits per heavy atom. The third kappa shape index (κ3) is 4.89. The molecule has 0 atom stereocenters. The lowest BCUT2D eigenvalue weighted by molar-refractivity contribution is 0.0967. The first-order valence-electron chi connectivity index (χ1n) is 9.73. The van der Waals surface area contributed by atoms with Crippen molar-refractivity contribution < 1.29 is 18.0 Å². The minimum Gasteiger partial charge on any atom is -0.283 e. The van der Waals surface area contributed by atoms with Gasteiger partial charge in [0.25, 0.3) is 5.91 Å². The van der Waals surface area contributed by atoms with Gasteiger partial charge in [-0.25, -0.2) is 18.2 Å². The van der Waals surface area contributed by atoms with E-state index in [0.717, 1.165) is 36.0 Å². The molecular formula is C21H20ClN3O4S2. The summed E-state index contributed by atoms with van der Waals surface area (Å²) < 4.78 is 24.0. The molecular weight excluding hydrogens is 458 g/mol. The van der Waals surface area contributed by atoms with Crippen molar-refractivity contribution in [1.29, 1.82) is 0 Å². The van der Waals surface area contributed by atoms with E-state index in [1.807, 2.05) is 6.07 Å². The first-order valence-corrected chi connectivity index (χ1v) is 12.8. The van der Waals surface area contributed by atoms with Crippen LogP contribution in [0.5, 0.6) is 0 Å². The van der Waals surface area contributed by atoms with Crippen LogP contribution in [0.2, 0.25) is 5.02 Å². The summed E-state index contributed by atoms with van der Waals surface area (Å²) in [6.45, 7) is 0. The Balaban J connectivity index is 1.47. The SMILES string of the molecule is CS(=O)(=O)c1ccc2nc(NC(=O)NC(=O)c3cc(C4CCCC4)ccc3Cl)sc2c1. The summed E-state index contributed by atoms with van der Waals surface area (Å²) in [4.78, 5) is 29.4. The van der Waals surface area contributed by atoms with E-state index in [2.05, 4.69) is 15.6 Å². The van der Waals surface area contributed by atoms with Gasteiger partial charge in [-0.15, -0.1) is 0 Å². The maximum atomic E-state index is 12.6. The lowest BCUT2D eigenvalue weighted by Crippen LogP contribution is -2.34. The van der Waals surface area contributed by atoms with Gasteiger partial charge in [-0.05, 0) is 54.7 Å². The number of carbonyl (C=O) groups excluding carboxylic acids is 2. The van der Waals surface area contributed by atoms with Crippen molar-refractivity contribution in [2.45, 2.75) is 36.5 Å². The summed E-state index contributed by atoms with van der Waals surface area (Å²) in [5.41, 5.74) is 1.86. The van der Waals surface area contributed by atoms with Crippen LogP contribution in [0.15, 0.2) is 41.3 Å². The molecule has 0 unspecified atom stereocenters. The molecule has 162 valence electrons. The van der Waals surface area contributed by atoms with Crippen molar-refractivity contribution in [2.75, 3.05) is 11.6 Å². The van der Waals surface area contributed by atoms with Crippen molar-refractivity contribution in [3.8, 4) is 0 Å². The molecule has 3 aromatic rings. The standard InChI is InChI=1S/C21H20ClN3O4S2/c1-31(28,29)14-7-9-17-18(11-14)30-21(23-17)25-20(27)24-19(26)15-10-13(6-8-16(15)22)12-4-2-3-5-12/h6-12H,2-5H2,1H3,(H2,23,24,25,26,27). The molecule has 2 aromatic carbocycles. The number of nitrogens with one attached hydrogen (secondary N) is 2. The molecule has 1 aliphatic carbocycles. The highest BCUT2D eigenvalue weighted by atomic mass is 35.5.